The summed E-state index contributed by atoms with van der Waals surface area (Å²) in [5.74, 6) is -1.89. The van der Waals surface area contributed by atoms with Crippen molar-refractivity contribution in [2.24, 2.45) is 16.3 Å². The number of hydrogen-bond donors (Lipinski definition) is 1. The molecule has 1 unspecified atom stereocenters. The van der Waals surface area contributed by atoms with E-state index in [-0.39, 0.29) is 16.9 Å². The number of aromatic hydroxyl groups is 1. The Morgan fingerprint density at radius 1 is 1.30 bits per heavy atom. The first-order valence-corrected chi connectivity index (χ1v) is 10.2. The molecule has 0 saturated heterocycles. The van der Waals surface area contributed by atoms with E-state index in [9.17, 15) is 14.7 Å². The minimum absolute atomic E-state index is 0.0105. The number of halogens is 2. The fourth-order valence-electron chi connectivity index (χ4n) is 4.04. The molecular formula is C20H21Br2NO4. The van der Waals surface area contributed by atoms with Crippen LogP contribution in [0.15, 0.2) is 37.3 Å². The molecule has 7 heteroatoms. The van der Waals surface area contributed by atoms with Gasteiger partial charge in [0.2, 0.25) is 0 Å². The zero-order chi connectivity index (χ0) is 20.1. The van der Waals surface area contributed by atoms with Crippen molar-refractivity contribution in [3.8, 4) is 5.75 Å². The molecule has 0 aromatic heterocycles. The monoisotopic (exact) mass is 497 g/mol. The van der Waals surface area contributed by atoms with Gasteiger partial charge in [-0.3, -0.25) is 14.6 Å². The highest BCUT2D eigenvalue weighted by Gasteiger charge is 2.46. The largest absolute Gasteiger partial charge is 0.506 e. The Morgan fingerprint density at radius 2 is 1.96 bits per heavy atom. The summed E-state index contributed by atoms with van der Waals surface area (Å²) in [6.45, 7) is 5.84. The van der Waals surface area contributed by atoms with Gasteiger partial charge in [0.15, 0.2) is 5.78 Å². The molecule has 0 fully saturated rings. The van der Waals surface area contributed by atoms with Gasteiger partial charge in [-0.05, 0) is 46.8 Å². The number of carbonyl (C=O) groups excluding carboxylic acids is 2. The number of esters is 1. The second-order valence-corrected chi connectivity index (χ2v) is 9.63. The normalized spacial score (nSPS) is 24.4. The molecule has 0 spiro atoms. The van der Waals surface area contributed by atoms with E-state index < -0.39 is 17.8 Å². The van der Waals surface area contributed by atoms with Crippen LogP contribution in [0.1, 0.15) is 45.1 Å². The lowest BCUT2D eigenvalue weighted by Crippen LogP contribution is -2.39. The smallest absolute Gasteiger partial charge is 0.315 e. The first-order valence-electron chi connectivity index (χ1n) is 8.63. The number of hydrogen-bond acceptors (Lipinski definition) is 5. The second kappa shape index (κ2) is 7.17. The van der Waals surface area contributed by atoms with Crippen LogP contribution in [-0.4, -0.2) is 29.7 Å². The molecule has 0 bridgehead atoms. The Hall–Kier alpha value is -1.47. The number of methoxy groups -OCH3 is 1. The van der Waals surface area contributed by atoms with Gasteiger partial charge < -0.3 is 9.84 Å². The van der Waals surface area contributed by atoms with Crippen LogP contribution < -0.4 is 0 Å². The van der Waals surface area contributed by atoms with Crippen LogP contribution in [0.3, 0.4) is 0 Å². The van der Waals surface area contributed by atoms with Crippen LogP contribution in [0.5, 0.6) is 5.75 Å². The summed E-state index contributed by atoms with van der Waals surface area (Å²) in [7, 11) is 1.32. The van der Waals surface area contributed by atoms with Crippen LogP contribution in [0.25, 0.3) is 0 Å². The van der Waals surface area contributed by atoms with E-state index in [1.54, 1.807) is 19.1 Å². The molecule has 0 saturated carbocycles. The quantitative estimate of drug-likeness (QED) is 0.588. The third-order valence-electron chi connectivity index (χ3n) is 5.15. The van der Waals surface area contributed by atoms with E-state index in [0.717, 1.165) is 4.47 Å². The molecule has 2 atom stereocenters. The predicted molar refractivity (Wildman–Crippen MR) is 110 cm³/mol. The Labute approximate surface area is 175 Å². The average molecular weight is 499 g/mol. The van der Waals surface area contributed by atoms with Crippen molar-refractivity contribution < 1.29 is 19.4 Å². The zero-order valence-electron chi connectivity index (χ0n) is 15.6. The number of ether oxygens (including phenoxy) is 1. The third-order valence-corrected chi connectivity index (χ3v) is 6.21. The number of rotatable bonds is 2. The number of Topliss-reactive ketones (excluding diaryl/α,β-unsaturated/α-hetero) is 1. The molecule has 1 aromatic rings. The number of phenols is 1. The van der Waals surface area contributed by atoms with E-state index in [1.807, 2.05) is 13.8 Å². The van der Waals surface area contributed by atoms with Gasteiger partial charge in [-0.15, -0.1) is 0 Å². The van der Waals surface area contributed by atoms with Gasteiger partial charge in [0.25, 0.3) is 0 Å². The molecule has 1 aliphatic carbocycles. The highest BCUT2D eigenvalue weighted by Crippen LogP contribution is 2.50. The van der Waals surface area contributed by atoms with E-state index in [1.165, 1.54) is 7.11 Å². The Kier molecular flexibility index (Phi) is 5.38. The highest BCUT2D eigenvalue weighted by atomic mass is 79.9. The van der Waals surface area contributed by atoms with Crippen LogP contribution in [0.4, 0.5) is 0 Å². The maximum atomic E-state index is 13.1. The van der Waals surface area contributed by atoms with Crippen molar-refractivity contribution in [1.29, 1.82) is 0 Å². The van der Waals surface area contributed by atoms with Crippen LogP contribution in [-0.2, 0) is 14.3 Å². The van der Waals surface area contributed by atoms with Gasteiger partial charge in [-0.2, -0.15) is 0 Å². The molecule has 1 heterocycles. The number of nitrogens with zero attached hydrogens (tertiary/aromatic N) is 1. The van der Waals surface area contributed by atoms with Gasteiger partial charge in [-0.1, -0.05) is 29.8 Å². The van der Waals surface area contributed by atoms with E-state index in [2.05, 4.69) is 36.9 Å². The van der Waals surface area contributed by atoms with Gasteiger partial charge in [0.05, 0.1) is 11.6 Å². The number of phenolic OH excluding ortho intramolecular Hbond substituents is 1. The Balaban J connectivity index is 2.29. The number of allylic oxidation sites excluding steroid dienone is 2. The third kappa shape index (κ3) is 3.63. The number of ketones is 1. The van der Waals surface area contributed by atoms with Gasteiger partial charge in [-0.25, -0.2) is 0 Å². The molecule has 1 aromatic carbocycles. The van der Waals surface area contributed by atoms with Crippen molar-refractivity contribution in [2.45, 2.75) is 39.5 Å². The van der Waals surface area contributed by atoms with E-state index >= 15 is 0 Å². The SMILES string of the molecule is COC(=O)C1C(C)=NC2=C(C(=O)CC(C)(C)C2)[C@H]1c1cc(Br)cc(Br)c1O. The lowest BCUT2D eigenvalue weighted by molar-refractivity contribution is -0.143. The maximum absolute atomic E-state index is 13.1. The highest BCUT2D eigenvalue weighted by molar-refractivity contribution is 9.11. The molecule has 144 valence electrons. The topological polar surface area (TPSA) is 76.0 Å². The maximum Gasteiger partial charge on any atom is 0.315 e. The van der Waals surface area contributed by atoms with Crippen molar-refractivity contribution in [3.05, 3.63) is 37.9 Å². The average Bonchev–Trinajstić information content (AvgIpc) is 2.55. The molecule has 3 rings (SSSR count). The molecule has 27 heavy (non-hydrogen) atoms. The molecule has 0 amide bonds. The summed E-state index contributed by atoms with van der Waals surface area (Å²) in [5.41, 5.74) is 2.11. The molecule has 0 radical (unpaired) electrons. The van der Waals surface area contributed by atoms with Gasteiger partial charge >= 0.3 is 5.97 Å². The summed E-state index contributed by atoms with van der Waals surface area (Å²) in [6.07, 6.45) is 1.02. The van der Waals surface area contributed by atoms with Gasteiger partial charge in [0.1, 0.15) is 11.7 Å². The Bertz CT molecular complexity index is 901. The van der Waals surface area contributed by atoms with Crippen molar-refractivity contribution >= 4 is 49.3 Å². The lowest BCUT2D eigenvalue weighted by Gasteiger charge is -2.39. The predicted octanol–water partition coefficient (Wildman–Crippen LogP) is 4.91. The second-order valence-electron chi connectivity index (χ2n) is 7.86. The number of benzene rings is 1. The van der Waals surface area contributed by atoms with Crippen molar-refractivity contribution in [3.63, 3.8) is 0 Å². The molecule has 5 nitrogen and oxygen atoms in total. The summed E-state index contributed by atoms with van der Waals surface area (Å²) >= 11 is 6.78. The first kappa shape index (κ1) is 20.3. The summed E-state index contributed by atoms with van der Waals surface area (Å²) < 4.78 is 6.23. The van der Waals surface area contributed by atoms with E-state index in [0.29, 0.717) is 39.9 Å². The Morgan fingerprint density at radius 3 is 2.59 bits per heavy atom. The lowest BCUT2D eigenvalue weighted by atomic mass is 9.66. The van der Waals surface area contributed by atoms with Gasteiger partial charge in [0, 0.05) is 39.4 Å². The molecular weight excluding hydrogens is 478 g/mol. The molecule has 1 N–H and O–H groups in total. The van der Waals surface area contributed by atoms with Crippen LogP contribution in [0.2, 0.25) is 0 Å². The molecule has 1 aliphatic heterocycles. The number of carbonyl (C=O) groups is 2. The summed E-state index contributed by atoms with van der Waals surface area (Å²) in [4.78, 5) is 30.3. The minimum Gasteiger partial charge on any atom is -0.506 e. The van der Waals surface area contributed by atoms with Crippen molar-refractivity contribution in [1.82, 2.24) is 0 Å². The first-order chi connectivity index (χ1) is 12.6. The van der Waals surface area contributed by atoms with Crippen LogP contribution >= 0.6 is 31.9 Å². The zero-order valence-corrected chi connectivity index (χ0v) is 18.8. The number of aliphatic imine (C=N–C) groups is 1. The standard InChI is InChI=1S/C20H21Br2NO4/c1-9-15(19(26)27-4)16(11-5-10(21)6-12(22)18(11)25)17-13(23-9)7-20(2,3)8-14(17)24/h5-6,15-16,25H,7-8H2,1-4H3/t15?,16-/m0/s1. The van der Waals surface area contributed by atoms with Crippen molar-refractivity contribution in [2.75, 3.05) is 7.11 Å². The fraction of sp³-hybridized carbons (Fsp3) is 0.450. The van der Waals surface area contributed by atoms with E-state index in [4.69, 9.17) is 4.74 Å². The van der Waals surface area contributed by atoms with Crippen LogP contribution in [0, 0.1) is 11.3 Å². The summed E-state index contributed by atoms with van der Waals surface area (Å²) in [5, 5.41) is 10.7. The minimum atomic E-state index is -0.758. The molecule has 2 aliphatic rings. The summed E-state index contributed by atoms with van der Waals surface area (Å²) in [6, 6.07) is 3.47. The fourth-order valence-corrected chi connectivity index (χ4v) is 5.29.